The Balaban J connectivity index is 3.29. The van der Waals surface area contributed by atoms with E-state index in [4.69, 9.17) is 10.8 Å². The van der Waals surface area contributed by atoms with Crippen LogP contribution in [0.3, 0.4) is 0 Å². The predicted molar refractivity (Wildman–Crippen MR) is 61.2 cm³/mol. The van der Waals surface area contributed by atoms with Crippen molar-refractivity contribution in [3.8, 4) is 0 Å². The molecule has 0 heterocycles. The average Bonchev–Trinajstić information content (AvgIpc) is 2.29. The second-order valence-corrected chi connectivity index (χ2v) is 5.48. The fourth-order valence-electron chi connectivity index (χ4n) is 1.41. The molecule has 0 fully saturated rings. The van der Waals surface area contributed by atoms with Crippen LogP contribution < -0.4 is 5.73 Å². The highest BCUT2D eigenvalue weighted by molar-refractivity contribution is 7.89. The molecule has 0 amide bonds. The van der Waals surface area contributed by atoms with Gasteiger partial charge in [0.1, 0.15) is 5.82 Å². The molecule has 96 valence electrons. The van der Waals surface area contributed by atoms with E-state index in [-0.39, 0.29) is 30.2 Å². The van der Waals surface area contributed by atoms with Crippen molar-refractivity contribution in [3.63, 3.8) is 0 Å². The van der Waals surface area contributed by atoms with Crippen LogP contribution in [-0.2, 0) is 16.6 Å². The molecule has 0 spiro atoms. The summed E-state index contributed by atoms with van der Waals surface area (Å²) in [6.45, 7) is -0.555. The van der Waals surface area contributed by atoms with Crippen LogP contribution in [0.1, 0.15) is 5.56 Å². The van der Waals surface area contributed by atoms with E-state index in [0.717, 1.165) is 10.4 Å². The second kappa shape index (κ2) is 5.54. The van der Waals surface area contributed by atoms with E-state index < -0.39 is 15.8 Å². The highest BCUT2D eigenvalue weighted by Gasteiger charge is 2.24. The van der Waals surface area contributed by atoms with Crippen LogP contribution in [0.2, 0.25) is 0 Å². The highest BCUT2D eigenvalue weighted by atomic mass is 32.2. The fraction of sp³-hybridized carbons (Fsp3) is 0.400. The number of likely N-dealkylation sites (N-methyl/N-ethyl adjacent to an activating group) is 1. The third-order valence-corrected chi connectivity index (χ3v) is 4.32. The molecule has 7 heteroatoms. The average molecular weight is 262 g/mol. The minimum Gasteiger partial charge on any atom is -0.395 e. The van der Waals surface area contributed by atoms with Gasteiger partial charge >= 0.3 is 0 Å². The van der Waals surface area contributed by atoms with E-state index in [9.17, 15) is 12.8 Å². The van der Waals surface area contributed by atoms with E-state index >= 15 is 0 Å². The van der Waals surface area contributed by atoms with Crippen LogP contribution >= 0.6 is 0 Å². The lowest BCUT2D eigenvalue weighted by Gasteiger charge is -2.18. The number of hydrogen-bond acceptors (Lipinski definition) is 4. The Morgan fingerprint density at radius 2 is 2.12 bits per heavy atom. The Labute approximate surface area is 99.7 Å². The fourth-order valence-corrected chi connectivity index (χ4v) is 2.81. The first kappa shape index (κ1) is 14.0. The van der Waals surface area contributed by atoms with Crippen LogP contribution in [0.15, 0.2) is 23.1 Å². The molecule has 0 bridgehead atoms. The van der Waals surface area contributed by atoms with Crippen LogP contribution in [0, 0.1) is 5.82 Å². The molecule has 3 N–H and O–H groups in total. The highest BCUT2D eigenvalue weighted by Crippen LogP contribution is 2.21. The Hall–Kier alpha value is -1.02. The first-order valence-corrected chi connectivity index (χ1v) is 6.43. The number of halogens is 1. The van der Waals surface area contributed by atoms with Gasteiger partial charge < -0.3 is 10.8 Å². The summed E-state index contributed by atoms with van der Waals surface area (Å²) in [5.74, 6) is -0.647. The van der Waals surface area contributed by atoms with Gasteiger partial charge in [-0.2, -0.15) is 4.31 Å². The summed E-state index contributed by atoms with van der Waals surface area (Å²) in [6, 6.07) is 3.77. The van der Waals surface area contributed by atoms with Gasteiger partial charge in [-0.3, -0.25) is 0 Å². The van der Waals surface area contributed by atoms with Gasteiger partial charge in [0.2, 0.25) is 10.0 Å². The number of nitrogens with zero attached hydrogens (tertiary/aromatic N) is 1. The zero-order valence-electron chi connectivity index (χ0n) is 9.43. The molecule has 0 aromatic heterocycles. The number of benzene rings is 1. The van der Waals surface area contributed by atoms with E-state index in [1.165, 1.54) is 19.2 Å². The largest absolute Gasteiger partial charge is 0.395 e. The maximum Gasteiger partial charge on any atom is 0.243 e. The molecule has 0 radical (unpaired) electrons. The Morgan fingerprint density at radius 1 is 1.47 bits per heavy atom. The SMILES string of the molecule is CN(CCO)S(=O)(=O)c1cccc(F)c1CN. The molecular formula is C10H15FN2O3S. The van der Waals surface area contributed by atoms with Crippen molar-refractivity contribution in [2.24, 2.45) is 5.73 Å². The lowest BCUT2D eigenvalue weighted by molar-refractivity contribution is 0.266. The molecule has 1 rings (SSSR count). The first-order chi connectivity index (χ1) is 7.95. The summed E-state index contributed by atoms with van der Waals surface area (Å²) in [5.41, 5.74) is 5.31. The summed E-state index contributed by atoms with van der Waals surface area (Å²) in [5, 5.41) is 8.72. The zero-order valence-corrected chi connectivity index (χ0v) is 10.2. The van der Waals surface area contributed by atoms with Crippen molar-refractivity contribution in [1.82, 2.24) is 4.31 Å². The molecule has 0 aliphatic rings. The van der Waals surface area contributed by atoms with Crippen molar-refractivity contribution in [2.75, 3.05) is 20.2 Å². The van der Waals surface area contributed by atoms with Gasteiger partial charge in [-0.15, -0.1) is 0 Å². The van der Waals surface area contributed by atoms with E-state index in [1.807, 2.05) is 0 Å². The van der Waals surface area contributed by atoms with Gasteiger partial charge in [0.15, 0.2) is 0 Å². The standard InChI is InChI=1S/C10H15FN2O3S/c1-13(5-6-14)17(15,16)10-4-2-3-9(11)8(10)7-12/h2-4,14H,5-7,12H2,1H3. The Morgan fingerprint density at radius 3 is 2.65 bits per heavy atom. The van der Waals surface area contributed by atoms with E-state index in [1.54, 1.807) is 0 Å². The number of aliphatic hydroxyl groups excluding tert-OH is 1. The lowest BCUT2D eigenvalue weighted by atomic mass is 10.2. The van der Waals surface area contributed by atoms with Crippen molar-refractivity contribution in [1.29, 1.82) is 0 Å². The Kier molecular flexibility index (Phi) is 4.58. The first-order valence-electron chi connectivity index (χ1n) is 4.99. The summed E-state index contributed by atoms with van der Waals surface area (Å²) in [4.78, 5) is -0.157. The molecule has 0 unspecified atom stereocenters. The molecule has 1 aromatic carbocycles. The molecule has 0 aliphatic carbocycles. The maximum atomic E-state index is 13.4. The maximum absolute atomic E-state index is 13.4. The van der Waals surface area contributed by atoms with Gasteiger partial charge in [0, 0.05) is 25.7 Å². The van der Waals surface area contributed by atoms with E-state index in [0.29, 0.717) is 0 Å². The Bertz CT molecular complexity index is 490. The minimum absolute atomic E-state index is 0.0442. The minimum atomic E-state index is -3.81. The van der Waals surface area contributed by atoms with Crippen LogP contribution in [0.25, 0.3) is 0 Å². The van der Waals surface area contributed by atoms with Gasteiger partial charge in [-0.25, -0.2) is 12.8 Å². The number of nitrogens with two attached hydrogens (primary N) is 1. The molecule has 0 saturated heterocycles. The third kappa shape index (κ3) is 2.81. The van der Waals surface area contributed by atoms with Crippen LogP contribution in [0.5, 0.6) is 0 Å². The molecule has 1 aromatic rings. The lowest BCUT2D eigenvalue weighted by Crippen LogP contribution is -2.30. The molecule has 17 heavy (non-hydrogen) atoms. The van der Waals surface area contributed by atoms with Crippen molar-refractivity contribution in [2.45, 2.75) is 11.4 Å². The molecular weight excluding hydrogens is 247 g/mol. The topological polar surface area (TPSA) is 83.6 Å². The number of sulfonamides is 1. The van der Waals surface area contributed by atoms with Gasteiger partial charge in [0.25, 0.3) is 0 Å². The summed E-state index contributed by atoms with van der Waals surface area (Å²) < 4.78 is 38.5. The third-order valence-electron chi connectivity index (χ3n) is 2.38. The van der Waals surface area contributed by atoms with E-state index in [2.05, 4.69) is 0 Å². The van der Waals surface area contributed by atoms with Gasteiger partial charge in [0.05, 0.1) is 11.5 Å². The van der Waals surface area contributed by atoms with Gasteiger partial charge in [-0.05, 0) is 12.1 Å². The van der Waals surface area contributed by atoms with Crippen LogP contribution in [0.4, 0.5) is 4.39 Å². The zero-order chi connectivity index (χ0) is 13.1. The van der Waals surface area contributed by atoms with Crippen molar-refractivity contribution >= 4 is 10.0 Å². The summed E-state index contributed by atoms with van der Waals surface area (Å²) in [7, 11) is -2.50. The number of rotatable bonds is 5. The molecule has 0 aliphatic heterocycles. The molecule has 5 nitrogen and oxygen atoms in total. The van der Waals surface area contributed by atoms with Crippen molar-refractivity contribution < 1.29 is 17.9 Å². The smallest absolute Gasteiger partial charge is 0.243 e. The predicted octanol–water partition coefficient (Wildman–Crippen LogP) is -0.103. The van der Waals surface area contributed by atoms with Crippen LogP contribution in [-0.4, -0.2) is 38.0 Å². The van der Waals surface area contributed by atoms with Crippen molar-refractivity contribution in [3.05, 3.63) is 29.6 Å². The monoisotopic (exact) mass is 262 g/mol. The quantitative estimate of drug-likeness (QED) is 0.776. The summed E-state index contributed by atoms with van der Waals surface area (Å²) >= 11 is 0. The molecule has 0 saturated carbocycles. The number of hydrogen-bond donors (Lipinski definition) is 2. The molecule has 0 atom stereocenters. The normalized spacial score (nSPS) is 12.1. The van der Waals surface area contributed by atoms with Gasteiger partial charge in [-0.1, -0.05) is 6.07 Å². The number of aliphatic hydroxyl groups is 1. The second-order valence-electron chi connectivity index (χ2n) is 3.47. The summed E-state index contributed by atoms with van der Waals surface area (Å²) in [6.07, 6.45) is 0.